The number of nitrogens with zero attached hydrogens (tertiary/aromatic N) is 2. The minimum atomic E-state index is -0.636. The maximum Gasteiger partial charge on any atom is 0.231 e. The van der Waals surface area contributed by atoms with Gasteiger partial charge in [0, 0.05) is 32.2 Å². The van der Waals surface area contributed by atoms with Crippen LogP contribution in [0, 0.1) is 17.8 Å². The molecule has 3 aliphatic heterocycles. The molecule has 0 aromatic rings. The number of hydrogen-bond acceptors (Lipinski definition) is 7. The van der Waals surface area contributed by atoms with Crippen LogP contribution in [0.4, 0.5) is 4.39 Å². The van der Waals surface area contributed by atoms with Crippen molar-refractivity contribution in [1.29, 1.82) is 0 Å². The first kappa shape index (κ1) is 25.8. The molecule has 34 heavy (non-hydrogen) atoms. The van der Waals surface area contributed by atoms with Gasteiger partial charge >= 0.3 is 0 Å². The Kier molecular flexibility index (Phi) is 9.53. The van der Waals surface area contributed by atoms with Crippen molar-refractivity contribution in [2.24, 2.45) is 22.7 Å². The lowest BCUT2D eigenvalue weighted by molar-refractivity contribution is -0.124. The summed E-state index contributed by atoms with van der Waals surface area (Å²) in [5.41, 5.74) is 6.70. The molecule has 4 fully saturated rings. The predicted octanol–water partition coefficient (Wildman–Crippen LogP) is 1.08. The number of ether oxygens (including phenoxy) is 1. The summed E-state index contributed by atoms with van der Waals surface area (Å²) in [5.74, 6) is 1.39. The van der Waals surface area contributed by atoms with E-state index in [4.69, 9.17) is 4.74 Å². The number of nitrogens with one attached hydrogen (secondary N) is 5. The average molecular weight is 482 g/mol. The number of hydrogen-bond donors (Lipinski definition) is 5. The summed E-state index contributed by atoms with van der Waals surface area (Å²) in [7, 11) is 0. The number of carbonyl (C=O) groups is 1. The molecule has 4 aliphatic rings. The fourth-order valence-corrected chi connectivity index (χ4v) is 5.51. The van der Waals surface area contributed by atoms with Crippen LogP contribution < -0.4 is 26.8 Å². The molecule has 9 nitrogen and oxygen atoms in total. The van der Waals surface area contributed by atoms with Gasteiger partial charge in [-0.1, -0.05) is 13.8 Å². The SMILES string of the molecule is CC(C)CN=C(NC(=O)C1CCC(N2CCOCC2)NC1)NC1CC(C2CCC(F)CC2)NN1. The normalized spacial score (nSPS) is 35.9. The first-order valence-corrected chi connectivity index (χ1v) is 13.3. The topological polar surface area (TPSA) is 102 Å². The zero-order valence-corrected chi connectivity index (χ0v) is 20.8. The van der Waals surface area contributed by atoms with Gasteiger partial charge in [0.05, 0.1) is 31.5 Å². The highest BCUT2D eigenvalue weighted by Crippen LogP contribution is 2.31. The number of aliphatic imine (C=N–C) groups is 1. The molecule has 10 heteroatoms. The largest absolute Gasteiger partial charge is 0.379 e. The van der Waals surface area contributed by atoms with E-state index in [0.717, 1.165) is 58.4 Å². The first-order chi connectivity index (χ1) is 16.5. The van der Waals surface area contributed by atoms with Crippen LogP contribution >= 0.6 is 0 Å². The smallest absolute Gasteiger partial charge is 0.231 e. The highest BCUT2D eigenvalue weighted by molar-refractivity contribution is 5.98. The molecule has 194 valence electrons. The van der Waals surface area contributed by atoms with Crippen LogP contribution in [0.25, 0.3) is 0 Å². The zero-order valence-electron chi connectivity index (χ0n) is 20.8. The van der Waals surface area contributed by atoms with E-state index in [0.29, 0.717) is 55.9 Å². The minimum Gasteiger partial charge on any atom is -0.379 e. The van der Waals surface area contributed by atoms with Crippen molar-refractivity contribution < 1.29 is 13.9 Å². The number of alkyl halides is 1. The van der Waals surface area contributed by atoms with Gasteiger partial charge in [-0.2, -0.15) is 0 Å². The van der Waals surface area contributed by atoms with Crippen molar-refractivity contribution in [3.8, 4) is 0 Å². The minimum absolute atomic E-state index is 0.0190. The number of morpholine rings is 1. The van der Waals surface area contributed by atoms with Crippen molar-refractivity contribution in [2.45, 2.75) is 83.3 Å². The predicted molar refractivity (Wildman–Crippen MR) is 131 cm³/mol. The second-order valence-corrected chi connectivity index (χ2v) is 10.8. The van der Waals surface area contributed by atoms with Crippen LogP contribution in [0.2, 0.25) is 0 Å². The van der Waals surface area contributed by atoms with E-state index in [1.807, 2.05) is 0 Å². The van der Waals surface area contributed by atoms with Crippen LogP contribution in [0.15, 0.2) is 4.99 Å². The van der Waals surface area contributed by atoms with E-state index in [-0.39, 0.29) is 18.0 Å². The molecular weight excluding hydrogens is 437 g/mol. The zero-order chi connectivity index (χ0) is 23.9. The molecule has 1 amide bonds. The molecule has 1 saturated carbocycles. The second-order valence-electron chi connectivity index (χ2n) is 10.8. The number of rotatable bonds is 6. The molecule has 0 aromatic carbocycles. The van der Waals surface area contributed by atoms with Crippen molar-refractivity contribution in [3.05, 3.63) is 0 Å². The van der Waals surface area contributed by atoms with E-state index >= 15 is 0 Å². The molecule has 0 bridgehead atoms. The summed E-state index contributed by atoms with van der Waals surface area (Å²) in [6.45, 7) is 9.02. The first-order valence-electron chi connectivity index (χ1n) is 13.3. The number of carbonyl (C=O) groups excluding carboxylic acids is 1. The highest BCUT2D eigenvalue weighted by Gasteiger charge is 2.34. The van der Waals surface area contributed by atoms with Gasteiger partial charge in [-0.15, -0.1) is 0 Å². The Balaban J connectivity index is 1.26. The highest BCUT2D eigenvalue weighted by atomic mass is 19.1. The Morgan fingerprint density at radius 2 is 1.88 bits per heavy atom. The fourth-order valence-electron chi connectivity index (χ4n) is 5.51. The Hall–Kier alpha value is -1.33. The van der Waals surface area contributed by atoms with Crippen LogP contribution in [0.5, 0.6) is 0 Å². The molecule has 0 spiro atoms. The number of hydrazine groups is 1. The van der Waals surface area contributed by atoms with Gasteiger partial charge in [0.15, 0.2) is 5.96 Å². The standard InChI is InChI=1S/C24H44FN7O2/c1-16(2)14-27-24(28-21-13-20(30-31-21)17-3-6-19(25)7-4-17)29-23(33)18-5-8-22(26-15-18)32-9-11-34-12-10-32/h16-22,26,30-31H,3-15H2,1-2H3,(H2,27,28,29,33). The third-order valence-corrected chi connectivity index (χ3v) is 7.62. The maximum atomic E-state index is 13.5. The molecule has 3 saturated heterocycles. The molecule has 0 radical (unpaired) electrons. The number of amides is 1. The van der Waals surface area contributed by atoms with Gasteiger partial charge in [0.25, 0.3) is 0 Å². The van der Waals surface area contributed by atoms with Crippen LogP contribution in [0.1, 0.15) is 58.8 Å². The summed E-state index contributed by atoms with van der Waals surface area (Å²) in [4.78, 5) is 20.2. The molecule has 0 aromatic heterocycles. The molecule has 5 N–H and O–H groups in total. The van der Waals surface area contributed by atoms with Crippen molar-refractivity contribution in [3.63, 3.8) is 0 Å². The molecule has 3 heterocycles. The summed E-state index contributed by atoms with van der Waals surface area (Å²) in [5, 5.41) is 10.0. The molecular formula is C24H44FN7O2. The Morgan fingerprint density at radius 1 is 1.12 bits per heavy atom. The second kappa shape index (κ2) is 12.6. The van der Waals surface area contributed by atoms with Gasteiger partial charge in [-0.25, -0.2) is 9.82 Å². The van der Waals surface area contributed by atoms with Gasteiger partial charge in [0.2, 0.25) is 5.91 Å². The van der Waals surface area contributed by atoms with E-state index in [1.54, 1.807) is 0 Å². The molecule has 4 atom stereocenters. The number of piperidine rings is 1. The van der Waals surface area contributed by atoms with Crippen LogP contribution in [-0.2, 0) is 9.53 Å². The monoisotopic (exact) mass is 481 g/mol. The third kappa shape index (κ3) is 7.34. The van der Waals surface area contributed by atoms with E-state index in [1.165, 1.54) is 0 Å². The third-order valence-electron chi connectivity index (χ3n) is 7.62. The summed E-state index contributed by atoms with van der Waals surface area (Å²) in [6.07, 6.45) is 5.57. The summed E-state index contributed by atoms with van der Waals surface area (Å²) < 4.78 is 19.0. The lowest BCUT2D eigenvalue weighted by Gasteiger charge is -2.39. The maximum absolute atomic E-state index is 13.5. The lowest BCUT2D eigenvalue weighted by atomic mass is 9.82. The van der Waals surface area contributed by atoms with Crippen LogP contribution in [-0.4, -0.2) is 80.7 Å². The Labute approximate surface area is 203 Å². The molecule has 1 aliphatic carbocycles. The van der Waals surface area contributed by atoms with Crippen molar-refractivity contribution >= 4 is 11.9 Å². The van der Waals surface area contributed by atoms with E-state index in [9.17, 15) is 9.18 Å². The summed E-state index contributed by atoms with van der Waals surface area (Å²) in [6, 6.07) is 0.312. The lowest BCUT2D eigenvalue weighted by Crippen LogP contribution is -2.57. The Morgan fingerprint density at radius 3 is 2.56 bits per heavy atom. The average Bonchev–Trinajstić information content (AvgIpc) is 3.32. The van der Waals surface area contributed by atoms with Gasteiger partial charge in [-0.3, -0.25) is 25.4 Å². The molecule has 4 unspecified atom stereocenters. The van der Waals surface area contributed by atoms with Crippen molar-refractivity contribution in [2.75, 3.05) is 39.4 Å². The van der Waals surface area contributed by atoms with Gasteiger partial charge in [-0.05, 0) is 56.8 Å². The quantitative estimate of drug-likeness (QED) is 0.286. The van der Waals surface area contributed by atoms with Gasteiger partial charge in [0.1, 0.15) is 6.17 Å². The number of guanidine groups is 1. The Bertz CT molecular complexity index is 672. The fraction of sp³-hybridized carbons (Fsp3) is 0.917. The number of halogens is 1. The molecule has 4 rings (SSSR count). The van der Waals surface area contributed by atoms with Crippen molar-refractivity contribution in [1.82, 2.24) is 31.7 Å². The summed E-state index contributed by atoms with van der Waals surface area (Å²) >= 11 is 0. The van der Waals surface area contributed by atoms with E-state index < -0.39 is 6.17 Å². The van der Waals surface area contributed by atoms with E-state index in [2.05, 4.69) is 50.5 Å². The van der Waals surface area contributed by atoms with Gasteiger partial charge < -0.3 is 15.4 Å². The van der Waals surface area contributed by atoms with Crippen LogP contribution in [0.3, 0.4) is 0 Å².